The number of esters is 1. The number of carbonyl (C=O) groups excluding carboxylic acids is 1. The number of aryl methyl sites for hydroxylation is 1. The van der Waals surface area contributed by atoms with Crippen LogP contribution in [0.2, 0.25) is 0 Å². The normalized spacial score (nSPS) is 17.7. The summed E-state index contributed by atoms with van der Waals surface area (Å²) in [5.74, 6) is 0.289. The lowest BCUT2D eigenvalue weighted by molar-refractivity contribution is -0.137. The highest BCUT2D eigenvalue weighted by Crippen LogP contribution is 2.29. The number of para-hydroxylation sites is 1. The van der Waals surface area contributed by atoms with Crippen LogP contribution in [0, 0.1) is 0 Å². The third-order valence-electron chi connectivity index (χ3n) is 4.06. The molecule has 4 rings (SSSR count). The van der Waals surface area contributed by atoms with Crippen molar-refractivity contribution in [3.63, 3.8) is 0 Å². The maximum atomic E-state index is 12.7. The summed E-state index contributed by atoms with van der Waals surface area (Å²) in [6.45, 7) is 3.02. The molecule has 24 heavy (non-hydrogen) atoms. The van der Waals surface area contributed by atoms with Gasteiger partial charge in [0, 0.05) is 13.0 Å². The maximum absolute atomic E-state index is 12.7. The first-order valence-corrected chi connectivity index (χ1v) is 8.78. The molecule has 0 spiro atoms. The van der Waals surface area contributed by atoms with Crippen LogP contribution >= 0.6 is 11.8 Å². The number of thioether (sulfide) groups is 1. The lowest BCUT2D eigenvalue weighted by Gasteiger charge is -2.11. The van der Waals surface area contributed by atoms with Gasteiger partial charge >= 0.3 is 5.97 Å². The molecule has 1 aromatic carbocycles. The molecule has 1 fully saturated rings. The van der Waals surface area contributed by atoms with Gasteiger partial charge in [-0.3, -0.25) is 18.6 Å². The van der Waals surface area contributed by atoms with Crippen LogP contribution in [0.25, 0.3) is 16.7 Å². The summed E-state index contributed by atoms with van der Waals surface area (Å²) in [5.41, 5.74) is 0.688. The summed E-state index contributed by atoms with van der Waals surface area (Å²) in [7, 11) is 0. The number of fused-ring (bicyclic) bond motifs is 3. The zero-order valence-electron chi connectivity index (χ0n) is 13.1. The summed E-state index contributed by atoms with van der Waals surface area (Å²) >= 11 is 1.34. The molecule has 1 aliphatic rings. The monoisotopic (exact) mass is 344 g/mol. The van der Waals surface area contributed by atoms with E-state index in [2.05, 4.69) is 10.2 Å². The SMILES string of the molecule is CCCn1c(=O)c2ccccc2n2c(S[C@H]3CCOC3=O)nnc12. The van der Waals surface area contributed by atoms with Gasteiger partial charge in [-0.15, -0.1) is 10.2 Å². The number of hydrogen-bond acceptors (Lipinski definition) is 6. The number of benzene rings is 1. The van der Waals surface area contributed by atoms with Gasteiger partial charge in [0.25, 0.3) is 5.56 Å². The summed E-state index contributed by atoms with van der Waals surface area (Å²) in [6, 6.07) is 7.41. The van der Waals surface area contributed by atoms with Crippen LogP contribution in [0.1, 0.15) is 19.8 Å². The largest absolute Gasteiger partial charge is 0.465 e. The van der Waals surface area contributed by atoms with Gasteiger partial charge in [-0.25, -0.2) is 0 Å². The molecular weight excluding hydrogens is 328 g/mol. The molecule has 0 bridgehead atoms. The second-order valence-corrected chi connectivity index (χ2v) is 6.82. The number of cyclic esters (lactones) is 1. The lowest BCUT2D eigenvalue weighted by atomic mass is 10.2. The third kappa shape index (κ3) is 2.29. The van der Waals surface area contributed by atoms with Crippen molar-refractivity contribution < 1.29 is 9.53 Å². The first-order chi connectivity index (χ1) is 11.7. The van der Waals surface area contributed by atoms with Gasteiger partial charge in [0.05, 0.1) is 17.5 Å². The van der Waals surface area contributed by atoms with Crippen molar-refractivity contribution in [2.75, 3.05) is 6.61 Å². The summed E-state index contributed by atoms with van der Waals surface area (Å²) in [5, 5.41) is 9.40. The van der Waals surface area contributed by atoms with E-state index in [1.165, 1.54) is 11.8 Å². The molecule has 0 unspecified atom stereocenters. The summed E-state index contributed by atoms with van der Waals surface area (Å²) < 4.78 is 8.53. The first kappa shape index (κ1) is 15.2. The van der Waals surface area contributed by atoms with Gasteiger partial charge in [-0.2, -0.15) is 0 Å². The second kappa shape index (κ2) is 5.94. The van der Waals surface area contributed by atoms with E-state index in [1.807, 2.05) is 35.6 Å². The highest BCUT2D eigenvalue weighted by Gasteiger charge is 2.30. The van der Waals surface area contributed by atoms with E-state index in [0.29, 0.717) is 35.9 Å². The van der Waals surface area contributed by atoms with Crippen LogP contribution in [0.5, 0.6) is 0 Å². The second-order valence-electron chi connectivity index (χ2n) is 5.65. The Morgan fingerprint density at radius 3 is 2.88 bits per heavy atom. The van der Waals surface area contributed by atoms with Gasteiger partial charge < -0.3 is 4.74 Å². The van der Waals surface area contributed by atoms with E-state index < -0.39 is 0 Å². The molecule has 0 radical (unpaired) electrons. The van der Waals surface area contributed by atoms with E-state index in [1.54, 1.807) is 4.57 Å². The highest BCUT2D eigenvalue weighted by atomic mass is 32.2. The Hall–Kier alpha value is -2.35. The smallest absolute Gasteiger partial charge is 0.319 e. The molecule has 1 saturated heterocycles. The summed E-state index contributed by atoms with van der Waals surface area (Å²) in [6.07, 6.45) is 1.48. The lowest BCUT2D eigenvalue weighted by Crippen LogP contribution is -2.23. The Morgan fingerprint density at radius 2 is 2.12 bits per heavy atom. The topological polar surface area (TPSA) is 78.5 Å². The Bertz CT molecular complexity index is 994. The Morgan fingerprint density at radius 1 is 1.29 bits per heavy atom. The molecule has 3 heterocycles. The fourth-order valence-electron chi connectivity index (χ4n) is 2.95. The van der Waals surface area contributed by atoms with Crippen molar-refractivity contribution in [2.24, 2.45) is 0 Å². The van der Waals surface area contributed by atoms with Gasteiger partial charge in [0.1, 0.15) is 5.25 Å². The maximum Gasteiger partial charge on any atom is 0.319 e. The van der Waals surface area contributed by atoms with Gasteiger partial charge in [-0.1, -0.05) is 30.8 Å². The average molecular weight is 344 g/mol. The first-order valence-electron chi connectivity index (χ1n) is 7.90. The van der Waals surface area contributed by atoms with Crippen LogP contribution in [0.4, 0.5) is 0 Å². The fraction of sp³-hybridized carbons (Fsp3) is 0.375. The standard InChI is InChI=1S/C16H16N4O3S/c1-2-8-19-13(21)10-5-3-4-6-11(10)20-15(19)17-18-16(20)24-12-7-9-23-14(12)22/h3-6,12H,2,7-9H2,1H3/t12-/m0/s1. The number of rotatable bonds is 4. The molecule has 0 saturated carbocycles. The molecule has 3 aromatic rings. The van der Waals surface area contributed by atoms with Gasteiger partial charge in [-0.05, 0) is 18.6 Å². The van der Waals surface area contributed by atoms with E-state index >= 15 is 0 Å². The van der Waals surface area contributed by atoms with Crippen molar-refractivity contribution in [1.82, 2.24) is 19.2 Å². The average Bonchev–Trinajstić information content (AvgIpc) is 3.19. The minimum atomic E-state index is -0.275. The van der Waals surface area contributed by atoms with Crippen LogP contribution in [0.3, 0.4) is 0 Å². The van der Waals surface area contributed by atoms with Gasteiger partial charge in [0.2, 0.25) is 5.78 Å². The minimum Gasteiger partial charge on any atom is -0.465 e. The Balaban J connectivity index is 1.96. The number of ether oxygens (including phenoxy) is 1. The Kier molecular flexibility index (Phi) is 3.76. The molecule has 2 aromatic heterocycles. The van der Waals surface area contributed by atoms with Crippen molar-refractivity contribution >= 4 is 34.4 Å². The predicted molar refractivity (Wildman–Crippen MR) is 90.3 cm³/mol. The number of carbonyl (C=O) groups is 1. The van der Waals surface area contributed by atoms with Crippen molar-refractivity contribution in [1.29, 1.82) is 0 Å². The van der Waals surface area contributed by atoms with Crippen molar-refractivity contribution in [2.45, 2.75) is 36.7 Å². The van der Waals surface area contributed by atoms with Crippen LogP contribution < -0.4 is 5.56 Å². The molecule has 0 aliphatic carbocycles. The Labute approximate surface area is 141 Å². The van der Waals surface area contributed by atoms with Gasteiger partial charge in [0.15, 0.2) is 5.16 Å². The number of aromatic nitrogens is 4. The zero-order valence-corrected chi connectivity index (χ0v) is 14.0. The van der Waals surface area contributed by atoms with E-state index in [4.69, 9.17) is 4.74 Å². The van der Waals surface area contributed by atoms with E-state index in [9.17, 15) is 9.59 Å². The fourth-order valence-corrected chi connectivity index (χ4v) is 3.95. The zero-order chi connectivity index (χ0) is 16.7. The van der Waals surface area contributed by atoms with E-state index in [-0.39, 0.29) is 16.8 Å². The van der Waals surface area contributed by atoms with E-state index in [0.717, 1.165) is 11.9 Å². The molecule has 0 amide bonds. The van der Waals surface area contributed by atoms with Crippen LogP contribution in [0.15, 0.2) is 34.2 Å². The van der Waals surface area contributed by atoms with Crippen LogP contribution in [-0.4, -0.2) is 37.0 Å². The highest BCUT2D eigenvalue weighted by molar-refractivity contribution is 8.00. The third-order valence-corrected chi connectivity index (χ3v) is 5.25. The predicted octanol–water partition coefficient (Wildman–Crippen LogP) is 1.86. The molecule has 0 N–H and O–H groups in total. The molecule has 1 atom stereocenters. The minimum absolute atomic E-state index is 0.0656. The molecule has 7 nitrogen and oxygen atoms in total. The quantitative estimate of drug-likeness (QED) is 0.672. The molecule has 124 valence electrons. The van der Waals surface area contributed by atoms with Crippen molar-refractivity contribution in [3.8, 4) is 0 Å². The summed E-state index contributed by atoms with van der Waals surface area (Å²) in [4.78, 5) is 24.5. The molecular formula is C16H16N4O3S. The molecule has 1 aliphatic heterocycles. The van der Waals surface area contributed by atoms with Crippen molar-refractivity contribution in [3.05, 3.63) is 34.6 Å². The number of hydrogen-bond donors (Lipinski definition) is 0. The number of nitrogens with zero attached hydrogens (tertiary/aromatic N) is 4. The van der Waals surface area contributed by atoms with Crippen LogP contribution in [-0.2, 0) is 16.1 Å². The molecule has 8 heteroatoms.